The third kappa shape index (κ3) is 8.63. The summed E-state index contributed by atoms with van der Waals surface area (Å²) in [6, 6.07) is 6.67. The zero-order valence-corrected chi connectivity index (χ0v) is 11.8. The molecule has 1 aromatic rings. The minimum atomic E-state index is -1.46. The van der Waals surface area contributed by atoms with E-state index in [4.69, 9.17) is 26.2 Å². The van der Waals surface area contributed by atoms with Gasteiger partial charge in [0.15, 0.2) is 0 Å². The first kappa shape index (κ1) is 19.8. The summed E-state index contributed by atoms with van der Waals surface area (Å²) < 4.78 is 0. The molecule has 0 amide bonds. The SMILES string of the molecule is NCc1ccc(C=C(C(=O)O)C(=O)O)cc1.O=C(O)CC(=O)O. The maximum Gasteiger partial charge on any atom is 0.343 e. The smallest absolute Gasteiger partial charge is 0.343 e. The average molecular weight is 325 g/mol. The van der Waals surface area contributed by atoms with Crippen LogP contribution >= 0.6 is 0 Å². The Morgan fingerprint density at radius 3 is 1.57 bits per heavy atom. The first-order chi connectivity index (χ1) is 10.7. The Balaban J connectivity index is 0.000000585. The maximum atomic E-state index is 10.6. The standard InChI is InChI=1S/C11H11NO4.C3H4O4/c12-6-8-3-1-7(2-4-8)5-9(10(13)14)11(15)16;4-2(5)1-3(6)7/h1-5H,6,12H2,(H,13,14)(H,15,16);1H2,(H,4,5)(H,6,7). The van der Waals surface area contributed by atoms with Gasteiger partial charge in [0.1, 0.15) is 12.0 Å². The molecule has 0 heterocycles. The molecule has 1 rings (SSSR count). The number of carboxylic acid groups (broad SMARTS) is 4. The Labute approximate surface area is 130 Å². The van der Waals surface area contributed by atoms with Crippen LogP contribution in [0.25, 0.3) is 6.08 Å². The molecule has 0 bridgehead atoms. The van der Waals surface area contributed by atoms with E-state index in [1.165, 1.54) is 0 Å². The monoisotopic (exact) mass is 325 g/mol. The summed E-state index contributed by atoms with van der Waals surface area (Å²) in [5.74, 6) is -5.55. The van der Waals surface area contributed by atoms with Crippen LogP contribution in [0.1, 0.15) is 17.5 Å². The van der Waals surface area contributed by atoms with E-state index in [1.54, 1.807) is 24.3 Å². The fourth-order valence-electron chi connectivity index (χ4n) is 1.26. The third-order valence-corrected chi connectivity index (χ3v) is 2.29. The molecule has 9 nitrogen and oxygen atoms in total. The summed E-state index contributed by atoms with van der Waals surface area (Å²) in [7, 11) is 0. The first-order valence-electron chi connectivity index (χ1n) is 6.08. The van der Waals surface area contributed by atoms with Crippen LogP contribution in [0.4, 0.5) is 0 Å². The summed E-state index contributed by atoms with van der Waals surface area (Å²) in [6.07, 6.45) is 0.297. The maximum absolute atomic E-state index is 10.6. The van der Waals surface area contributed by atoms with Gasteiger partial charge in [-0.3, -0.25) is 9.59 Å². The van der Waals surface area contributed by atoms with Crippen molar-refractivity contribution in [2.45, 2.75) is 13.0 Å². The predicted molar refractivity (Wildman–Crippen MR) is 77.5 cm³/mol. The van der Waals surface area contributed by atoms with Gasteiger partial charge in [0.2, 0.25) is 0 Å². The summed E-state index contributed by atoms with van der Waals surface area (Å²) >= 11 is 0. The van der Waals surface area contributed by atoms with Gasteiger partial charge in [-0.25, -0.2) is 9.59 Å². The lowest BCUT2D eigenvalue weighted by Crippen LogP contribution is -2.10. The van der Waals surface area contributed by atoms with Gasteiger partial charge in [0.25, 0.3) is 0 Å². The number of hydrogen-bond donors (Lipinski definition) is 5. The topological polar surface area (TPSA) is 175 Å². The van der Waals surface area contributed by atoms with Crippen molar-refractivity contribution in [2.75, 3.05) is 0 Å². The highest BCUT2D eigenvalue weighted by molar-refractivity contribution is 6.16. The van der Waals surface area contributed by atoms with Crippen molar-refractivity contribution >= 4 is 30.0 Å². The molecule has 9 heteroatoms. The normalized spacial score (nSPS) is 9.09. The molecule has 0 aliphatic rings. The minimum Gasteiger partial charge on any atom is -0.481 e. The molecule has 0 aliphatic carbocycles. The van der Waals surface area contributed by atoms with E-state index in [1.807, 2.05) is 0 Å². The van der Waals surface area contributed by atoms with Crippen LogP contribution in [0, 0.1) is 0 Å². The zero-order valence-electron chi connectivity index (χ0n) is 11.8. The van der Waals surface area contributed by atoms with E-state index < -0.39 is 35.9 Å². The number of carbonyl (C=O) groups is 4. The summed E-state index contributed by atoms with van der Waals surface area (Å²) in [5, 5.41) is 32.7. The van der Waals surface area contributed by atoms with Gasteiger partial charge in [-0.2, -0.15) is 0 Å². The predicted octanol–water partition coefficient (Wildman–Crippen LogP) is 0.244. The van der Waals surface area contributed by atoms with Crippen LogP contribution in [0.5, 0.6) is 0 Å². The van der Waals surface area contributed by atoms with Crippen molar-refractivity contribution in [2.24, 2.45) is 5.73 Å². The Morgan fingerprint density at radius 1 is 0.870 bits per heavy atom. The number of benzene rings is 1. The second-order valence-electron chi connectivity index (χ2n) is 4.08. The summed E-state index contributed by atoms with van der Waals surface area (Å²) in [5.41, 5.74) is 6.13. The number of carboxylic acids is 4. The molecular formula is C14H15NO8. The molecule has 0 saturated carbocycles. The van der Waals surface area contributed by atoms with Gasteiger partial charge in [-0.1, -0.05) is 24.3 Å². The lowest BCUT2D eigenvalue weighted by atomic mass is 10.1. The molecule has 6 N–H and O–H groups in total. The van der Waals surface area contributed by atoms with Crippen LogP contribution in [0.3, 0.4) is 0 Å². The van der Waals surface area contributed by atoms with Crippen molar-refractivity contribution in [1.29, 1.82) is 0 Å². The molecule has 0 radical (unpaired) electrons. The van der Waals surface area contributed by atoms with E-state index in [-0.39, 0.29) is 0 Å². The molecule has 1 aromatic carbocycles. The first-order valence-corrected chi connectivity index (χ1v) is 6.08. The van der Waals surface area contributed by atoms with Crippen LogP contribution in [-0.2, 0) is 25.7 Å². The lowest BCUT2D eigenvalue weighted by molar-refractivity contribution is -0.147. The van der Waals surface area contributed by atoms with Gasteiger partial charge in [0, 0.05) is 6.54 Å². The minimum absolute atomic E-state index is 0.384. The fourth-order valence-corrected chi connectivity index (χ4v) is 1.26. The molecule has 0 unspecified atom stereocenters. The van der Waals surface area contributed by atoms with E-state index >= 15 is 0 Å². The highest BCUT2D eigenvalue weighted by Crippen LogP contribution is 2.09. The van der Waals surface area contributed by atoms with E-state index in [9.17, 15) is 19.2 Å². The third-order valence-electron chi connectivity index (χ3n) is 2.29. The second-order valence-corrected chi connectivity index (χ2v) is 4.08. The highest BCUT2D eigenvalue weighted by Gasteiger charge is 2.15. The number of hydrogen-bond acceptors (Lipinski definition) is 5. The molecule has 0 fully saturated rings. The van der Waals surface area contributed by atoms with Gasteiger partial charge in [-0.05, 0) is 17.2 Å². The van der Waals surface area contributed by atoms with Crippen LogP contribution in [0.2, 0.25) is 0 Å². The van der Waals surface area contributed by atoms with Crippen LogP contribution < -0.4 is 5.73 Å². The van der Waals surface area contributed by atoms with Crippen molar-refractivity contribution < 1.29 is 39.6 Å². The van der Waals surface area contributed by atoms with Crippen LogP contribution in [0.15, 0.2) is 29.8 Å². The van der Waals surface area contributed by atoms with E-state index in [0.717, 1.165) is 11.6 Å². The summed E-state index contributed by atoms with van der Waals surface area (Å²) in [6.45, 7) is 0.384. The number of aliphatic carboxylic acids is 4. The largest absolute Gasteiger partial charge is 0.481 e. The van der Waals surface area contributed by atoms with Gasteiger partial charge >= 0.3 is 23.9 Å². The van der Waals surface area contributed by atoms with Gasteiger partial charge in [-0.15, -0.1) is 0 Å². The lowest BCUT2D eigenvalue weighted by Gasteiger charge is -1.99. The molecule has 0 saturated heterocycles. The Kier molecular flexibility index (Phi) is 8.34. The Morgan fingerprint density at radius 2 is 1.30 bits per heavy atom. The average Bonchev–Trinajstić information content (AvgIpc) is 2.43. The number of rotatable bonds is 6. The zero-order chi connectivity index (χ0) is 18.0. The highest BCUT2D eigenvalue weighted by atomic mass is 16.4. The number of nitrogens with two attached hydrogens (primary N) is 1. The van der Waals surface area contributed by atoms with Crippen LogP contribution in [-0.4, -0.2) is 44.3 Å². The molecule has 23 heavy (non-hydrogen) atoms. The molecule has 0 aromatic heterocycles. The molecule has 0 atom stereocenters. The van der Waals surface area contributed by atoms with Gasteiger partial charge < -0.3 is 26.2 Å². The van der Waals surface area contributed by atoms with Crippen molar-refractivity contribution in [1.82, 2.24) is 0 Å². The van der Waals surface area contributed by atoms with Crippen molar-refractivity contribution in [3.05, 3.63) is 41.0 Å². The van der Waals surface area contributed by atoms with Crippen molar-refractivity contribution in [3.8, 4) is 0 Å². The molecule has 0 aliphatic heterocycles. The molecular weight excluding hydrogens is 310 g/mol. The quantitative estimate of drug-likeness (QED) is 0.278. The molecule has 0 spiro atoms. The molecule has 124 valence electrons. The van der Waals surface area contributed by atoms with Gasteiger partial charge in [0.05, 0.1) is 0 Å². The Hall–Kier alpha value is -3.20. The van der Waals surface area contributed by atoms with E-state index in [2.05, 4.69) is 0 Å². The second kappa shape index (κ2) is 9.68. The fraction of sp³-hybridized carbons (Fsp3) is 0.143. The van der Waals surface area contributed by atoms with Crippen molar-refractivity contribution in [3.63, 3.8) is 0 Å². The van der Waals surface area contributed by atoms with E-state index in [0.29, 0.717) is 12.1 Å². The summed E-state index contributed by atoms with van der Waals surface area (Å²) in [4.78, 5) is 40.1. The Bertz CT molecular complexity index is 590.